The van der Waals surface area contributed by atoms with E-state index < -0.39 is 5.97 Å². The molecule has 7 nitrogen and oxygen atoms in total. The molecule has 0 saturated carbocycles. The van der Waals surface area contributed by atoms with Crippen LogP contribution in [0.1, 0.15) is 30.1 Å². The first-order chi connectivity index (χ1) is 13.6. The average molecular weight is 374 g/mol. The number of rotatable bonds is 3. The molecule has 1 fully saturated rings. The van der Waals surface area contributed by atoms with E-state index in [1.165, 1.54) is 6.07 Å². The SMILES string of the molecule is C[C@H]1CCCN1c1nc2cc(C(=O)O)ccc2nc1-c1nc2ccccc2o1. The van der Waals surface area contributed by atoms with Gasteiger partial charge < -0.3 is 14.4 Å². The van der Waals surface area contributed by atoms with E-state index in [-0.39, 0.29) is 5.56 Å². The van der Waals surface area contributed by atoms with Gasteiger partial charge in [0.25, 0.3) is 0 Å². The highest BCUT2D eigenvalue weighted by atomic mass is 16.4. The summed E-state index contributed by atoms with van der Waals surface area (Å²) in [6, 6.07) is 12.7. The highest BCUT2D eigenvalue weighted by Gasteiger charge is 2.28. The van der Waals surface area contributed by atoms with Crippen molar-refractivity contribution >= 4 is 33.9 Å². The van der Waals surface area contributed by atoms with Gasteiger partial charge in [0.05, 0.1) is 16.6 Å². The first-order valence-electron chi connectivity index (χ1n) is 9.28. The number of nitrogens with zero attached hydrogens (tertiary/aromatic N) is 4. The quantitative estimate of drug-likeness (QED) is 0.576. The molecular formula is C21H18N4O3. The molecule has 0 spiro atoms. The van der Waals surface area contributed by atoms with E-state index >= 15 is 0 Å². The van der Waals surface area contributed by atoms with Gasteiger partial charge in [-0.25, -0.2) is 19.7 Å². The largest absolute Gasteiger partial charge is 0.478 e. The average Bonchev–Trinajstić information content (AvgIpc) is 3.32. The van der Waals surface area contributed by atoms with Crippen LogP contribution in [0.5, 0.6) is 0 Å². The van der Waals surface area contributed by atoms with Crippen LogP contribution in [-0.2, 0) is 0 Å². The lowest BCUT2D eigenvalue weighted by atomic mass is 10.2. The maximum atomic E-state index is 11.3. The van der Waals surface area contributed by atoms with Crippen molar-refractivity contribution in [1.82, 2.24) is 15.0 Å². The molecule has 0 unspecified atom stereocenters. The number of carboxylic acid groups (broad SMARTS) is 1. The van der Waals surface area contributed by atoms with Crippen molar-refractivity contribution in [3.63, 3.8) is 0 Å². The molecule has 28 heavy (non-hydrogen) atoms. The Morgan fingerprint density at radius 2 is 1.96 bits per heavy atom. The third kappa shape index (κ3) is 2.67. The Morgan fingerprint density at radius 1 is 1.11 bits per heavy atom. The number of benzene rings is 2. The van der Waals surface area contributed by atoms with Crippen LogP contribution in [0.3, 0.4) is 0 Å². The minimum absolute atomic E-state index is 0.192. The zero-order valence-electron chi connectivity index (χ0n) is 15.3. The maximum Gasteiger partial charge on any atom is 0.335 e. The third-order valence-electron chi connectivity index (χ3n) is 5.21. The standard InChI is InChI=1S/C21H18N4O3/c1-12-5-4-10-25(12)19-18(20-24-15-6-2-3-7-17(15)28-20)22-14-9-8-13(21(26)27)11-16(14)23-19/h2-3,6-9,11-12H,4-5,10H2,1H3,(H,26,27)/t12-/m0/s1. The fraction of sp³-hybridized carbons (Fsp3) is 0.238. The summed E-state index contributed by atoms with van der Waals surface area (Å²) in [4.78, 5) is 27.7. The summed E-state index contributed by atoms with van der Waals surface area (Å²) < 4.78 is 5.97. The summed E-state index contributed by atoms with van der Waals surface area (Å²) in [5.74, 6) is 0.126. The predicted molar refractivity (Wildman–Crippen MR) is 106 cm³/mol. The molecule has 2 aromatic carbocycles. The van der Waals surface area contributed by atoms with Crippen LogP contribution in [0.25, 0.3) is 33.7 Å². The van der Waals surface area contributed by atoms with E-state index in [1.807, 2.05) is 24.3 Å². The van der Waals surface area contributed by atoms with Gasteiger partial charge in [0, 0.05) is 12.6 Å². The number of carbonyl (C=O) groups is 1. The molecule has 7 heteroatoms. The van der Waals surface area contributed by atoms with Gasteiger partial charge in [0.1, 0.15) is 5.52 Å². The molecule has 0 radical (unpaired) electrons. The van der Waals surface area contributed by atoms with Crippen molar-refractivity contribution in [1.29, 1.82) is 0 Å². The molecule has 0 aliphatic carbocycles. The lowest BCUT2D eigenvalue weighted by Gasteiger charge is -2.24. The Kier molecular flexibility index (Phi) is 3.75. The number of carboxylic acids is 1. The summed E-state index contributed by atoms with van der Waals surface area (Å²) in [7, 11) is 0. The van der Waals surface area contributed by atoms with Crippen LogP contribution in [0.2, 0.25) is 0 Å². The van der Waals surface area contributed by atoms with E-state index in [1.54, 1.807) is 12.1 Å². The number of hydrogen-bond donors (Lipinski definition) is 1. The predicted octanol–water partition coefficient (Wildman–Crippen LogP) is 4.12. The number of hydrogen-bond acceptors (Lipinski definition) is 6. The van der Waals surface area contributed by atoms with Crippen molar-refractivity contribution in [3.05, 3.63) is 48.0 Å². The minimum Gasteiger partial charge on any atom is -0.478 e. The van der Waals surface area contributed by atoms with Gasteiger partial charge in [-0.2, -0.15) is 0 Å². The Bertz CT molecular complexity index is 1180. The Balaban J connectivity index is 1.75. The van der Waals surface area contributed by atoms with Crippen molar-refractivity contribution in [3.8, 4) is 11.6 Å². The topological polar surface area (TPSA) is 92.4 Å². The number of fused-ring (bicyclic) bond motifs is 2. The number of para-hydroxylation sites is 2. The second-order valence-corrected chi connectivity index (χ2v) is 7.08. The second-order valence-electron chi connectivity index (χ2n) is 7.08. The number of aromatic nitrogens is 3. The van der Waals surface area contributed by atoms with Crippen molar-refractivity contribution < 1.29 is 14.3 Å². The maximum absolute atomic E-state index is 11.3. The van der Waals surface area contributed by atoms with Crippen LogP contribution < -0.4 is 4.90 Å². The van der Waals surface area contributed by atoms with Gasteiger partial charge in [-0.3, -0.25) is 0 Å². The van der Waals surface area contributed by atoms with Crippen LogP contribution in [0.4, 0.5) is 5.82 Å². The summed E-state index contributed by atoms with van der Waals surface area (Å²) in [6.45, 7) is 3.02. The van der Waals surface area contributed by atoms with Crippen LogP contribution >= 0.6 is 0 Å². The van der Waals surface area contributed by atoms with Crippen molar-refractivity contribution in [2.45, 2.75) is 25.8 Å². The molecule has 1 aliphatic heterocycles. The zero-order chi connectivity index (χ0) is 19.3. The molecule has 0 bridgehead atoms. The highest BCUT2D eigenvalue weighted by molar-refractivity contribution is 5.93. The minimum atomic E-state index is -0.984. The number of oxazole rings is 1. The molecule has 1 aliphatic rings. The van der Waals surface area contributed by atoms with E-state index in [0.29, 0.717) is 40.1 Å². The molecule has 0 amide bonds. The summed E-state index contributed by atoms with van der Waals surface area (Å²) in [5.41, 5.74) is 3.39. The normalized spacial score (nSPS) is 16.9. The fourth-order valence-electron chi connectivity index (χ4n) is 3.74. The Labute approximate surface area is 160 Å². The summed E-state index contributed by atoms with van der Waals surface area (Å²) in [5, 5.41) is 9.30. The molecule has 1 atom stereocenters. The van der Waals surface area contributed by atoms with E-state index in [2.05, 4.69) is 16.8 Å². The summed E-state index contributed by atoms with van der Waals surface area (Å²) >= 11 is 0. The molecular weight excluding hydrogens is 356 g/mol. The number of aromatic carboxylic acids is 1. The molecule has 1 saturated heterocycles. The molecule has 1 N–H and O–H groups in total. The van der Waals surface area contributed by atoms with Crippen LogP contribution in [-0.4, -0.2) is 38.6 Å². The third-order valence-corrected chi connectivity index (χ3v) is 5.21. The van der Waals surface area contributed by atoms with Gasteiger partial charge >= 0.3 is 5.97 Å². The Morgan fingerprint density at radius 3 is 2.71 bits per heavy atom. The first-order valence-corrected chi connectivity index (χ1v) is 9.28. The smallest absolute Gasteiger partial charge is 0.335 e. The molecule has 3 heterocycles. The first kappa shape index (κ1) is 16.7. The second kappa shape index (κ2) is 6.30. The van der Waals surface area contributed by atoms with E-state index in [4.69, 9.17) is 14.4 Å². The van der Waals surface area contributed by atoms with Gasteiger partial charge in [-0.1, -0.05) is 12.1 Å². The van der Waals surface area contributed by atoms with E-state index in [9.17, 15) is 9.90 Å². The lowest BCUT2D eigenvalue weighted by Crippen LogP contribution is -2.28. The van der Waals surface area contributed by atoms with Crippen LogP contribution in [0.15, 0.2) is 46.9 Å². The van der Waals surface area contributed by atoms with E-state index in [0.717, 1.165) is 24.9 Å². The molecule has 4 aromatic rings. The monoisotopic (exact) mass is 374 g/mol. The molecule has 140 valence electrons. The van der Waals surface area contributed by atoms with Crippen molar-refractivity contribution in [2.24, 2.45) is 0 Å². The van der Waals surface area contributed by atoms with Gasteiger partial charge in [-0.15, -0.1) is 0 Å². The summed E-state index contributed by atoms with van der Waals surface area (Å²) in [6.07, 6.45) is 2.14. The van der Waals surface area contributed by atoms with Crippen LogP contribution in [0, 0.1) is 0 Å². The van der Waals surface area contributed by atoms with Gasteiger partial charge in [0.15, 0.2) is 17.1 Å². The number of anilines is 1. The zero-order valence-corrected chi connectivity index (χ0v) is 15.3. The fourth-order valence-corrected chi connectivity index (χ4v) is 3.74. The van der Waals surface area contributed by atoms with Gasteiger partial charge in [0.2, 0.25) is 5.89 Å². The molecule has 2 aromatic heterocycles. The van der Waals surface area contributed by atoms with Gasteiger partial charge in [-0.05, 0) is 50.1 Å². The lowest BCUT2D eigenvalue weighted by molar-refractivity contribution is 0.0697. The molecule has 5 rings (SSSR count). The van der Waals surface area contributed by atoms with Crippen molar-refractivity contribution in [2.75, 3.05) is 11.4 Å². The Hall–Kier alpha value is -3.48. The highest BCUT2D eigenvalue weighted by Crippen LogP contribution is 2.35.